The van der Waals surface area contributed by atoms with E-state index in [1.807, 2.05) is 4.90 Å². The second kappa shape index (κ2) is 7.56. The maximum absolute atomic E-state index is 12.8. The smallest absolute Gasteiger partial charge is 0.254 e. The number of piperidine rings is 2. The van der Waals surface area contributed by atoms with Crippen LogP contribution in [0.15, 0.2) is 0 Å². The average Bonchev–Trinajstić information content (AvgIpc) is 2.53. The SMILES string of the molecule is COC1(C(=O)N2CCC(OCC(C)C)CC2)CCNCC1. The van der Waals surface area contributed by atoms with Crippen molar-refractivity contribution in [1.29, 1.82) is 0 Å². The first-order valence-corrected chi connectivity index (χ1v) is 8.24. The Balaban J connectivity index is 1.84. The van der Waals surface area contributed by atoms with Gasteiger partial charge < -0.3 is 19.7 Å². The van der Waals surface area contributed by atoms with E-state index in [4.69, 9.17) is 9.47 Å². The van der Waals surface area contributed by atoms with Crippen molar-refractivity contribution >= 4 is 5.91 Å². The van der Waals surface area contributed by atoms with E-state index < -0.39 is 5.60 Å². The van der Waals surface area contributed by atoms with Gasteiger partial charge >= 0.3 is 0 Å². The molecule has 0 bridgehead atoms. The summed E-state index contributed by atoms with van der Waals surface area (Å²) in [6.45, 7) is 8.43. The fourth-order valence-corrected chi connectivity index (χ4v) is 3.18. The van der Waals surface area contributed by atoms with E-state index in [9.17, 15) is 4.79 Å². The molecule has 2 aliphatic rings. The van der Waals surface area contributed by atoms with Crippen molar-refractivity contribution in [1.82, 2.24) is 10.2 Å². The average molecular weight is 298 g/mol. The molecule has 2 saturated heterocycles. The lowest BCUT2D eigenvalue weighted by atomic mass is 9.89. The number of methoxy groups -OCH3 is 1. The van der Waals surface area contributed by atoms with Gasteiger partial charge in [-0.2, -0.15) is 0 Å². The van der Waals surface area contributed by atoms with Crippen LogP contribution < -0.4 is 5.32 Å². The summed E-state index contributed by atoms with van der Waals surface area (Å²) in [7, 11) is 1.67. The summed E-state index contributed by atoms with van der Waals surface area (Å²) in [5.41, 5.74) is -0.600. The Morgan fingerprint density at radius 3 is 2.43 bits per heavy atom. The van der Waals surface area contributed by atoms with E-state index in [2.05, 4.69) is 19.2 Å². The number of carbonyl (C=O) groups is 1. The van der Waals surface area contributed by atoms with Gasteiger partial charge in [0.15, 0.2) is 0 Å². The van der Waals surface area contributed by atoms with E-state index in [0.29, 0.717) is 12.0 Å². The van der Waals surface area contributed by atoms with Crippen molar-refractivity contribution < 1.29 is 14.3 Å². The Kier molecular flexibility index (Phi) is 6.02. The van der Waals surface area contributed by atoms with Crippen LogP contribution in [0.3, 0.4) is 0 Å². The predicted molar refractivity (Wildman–Crippen MR) is 82.2 cm³/mol. The number of rotatable bonds is 5. The predicted octanol–water partition coefficient (Wildman–Crippen LogP) is 1.42. The van der Waals surface area contributed by atoms with Crippen molar-refractivity contribution in [2.75, 3.05) is 39.9 Å². The second-order valence-corrected chi connectivity index (χ2v) is 6.67. The summed E-state index contributed by atoms with van der Waals surface area (Å²) in [6.07, 6.45) is 3.73. The first kappa shape index (κ1) is 16.7. The number of nitrogens with zero attached hydrogens (tertiary/aromatic N) is 1. The van der Waals surface area contributed by atoms with E-state index >= 15 is 0 Å². The molecule has 1 N–H and O–H groups in total. The minimum Gasteiger partial charge on any atom is -0.378 e. The molecule has 5 nitrogen and oxygen atoms in total. The molecule has 2 rings (SSSR count). The highest BCUT2D eigenvalue weighted by molar-refractivity contribution is 5.85. The molecule has 2 aliphatic heterocycles. The minimum atomic E-state index is -0.600. The second-order valence-electron chi connectivity index (χ2n) is 6.67. The molecule has 0 unspecified atom stereocenters. The van der Waals surface area contributed by atoms with Gasteiger partial charge in [0.1, 0.15) is 5.60 Å². The van der Waals surface area contributed by atoms with Gasteiger partial charge in [0.05, 0.1) is 6.10 Å². The Labute approximate surface area is 128 Å². The quantitative estimate of drug-likeness (QED) is 0.834. The third-order valence-corrected chi connectivity index (χ3v) is 4.59. The summed E-state index contributed by atoms with van der Waals surface area (Å²) < 4.78 is 11.5. The van der Waals surface area contributed by atoms with Gasteiger partial charge in [-0.3, -0.25) is 4.79 Å². The van der Waals surface area contributed by atoms with E-state index in [1.54, 1.807) is 7.11 Å². The van der Waals surface area contributed by atoms with E-state index in [-0.39, 0.29) is 5.91 Å². The standard InChI is InChI=1S/C16H30N2O3/c1-13(2)12-21-14-4-10-18(11-5-14)15(19)16(20-3)6-8-17-9-7-16/h13-14,17H,4-12H2,1-3H3. The Morgan fingerprint density at radius 2 is 1.90 bits per heavy atom. The molecule has 0 saturated carbocycles. The maximum atomic E-state index is 12.8. The molecule has 5 heteroatoms. The largest absolute Gasteiger partial charge is 0.378 e. The van der Waals surface area contributed by atoms with Crippen LogP contribution in [0.5, 0.6) is 0 Å². The first-order chi connectivity index (χ1) is 10.1. The highest BCUT2D eigenvalue weighted by Crippen LogP contribution is 2.27. The van der Waals surface area contributed by atoms with Crippen molar-refractivity contribution in [2.45, 2.75) is 51.2 Å². The Hall–Kier alpha value is -0.650. The molecule has 0 atom stereocenters. The van der Waals surface area contributed by atoms with Crippen molar-refractivity contribution in [3.63, 3.8) is 0 Å². The van der Waals surface area contributed by atoms with Crippen LogP contribution in [0.25, 0.3) is 0 Å². The van der Waals surface area contributed by atoms with Crippen molar-refractivity contribution in [2.24, 2.45) is 5.92 Å². The van der Waals surface area contributed by atoms with Crippen LogP contribution in [0.4, 0.5) is 0 Å². The van der Waals surface area contributed by atoms with Gasteiger partial charge in [0, 0.05) is 26.8 Å². The van der Waals surface area contributed by atoms with Crippen LogP contribution >= 0.6 is 0 Å². The van der Waals surface area contributed by atoms with E-state index in [0.717, 1.165) is 58.5 Å². The zero-order chi connectivity index (χ0) is 15.3. The van der Waals surface area contributed by atoms with Gasteiger partial charge in [-0.1, -0.05) is 13.8 Å². The van der Waals surface area contributed by atoms with Gasteiger partial charge in [-0.25, -0.2) is 0 Å². The lowest BCUT2D eigenvalue weighted by Gasteiger charge is -2.41. The molecule has 0 aromatic heterocycles. The van der Waals surface area contributed by atoms with Crippen LogP contribution in [0.2, 0.25) is 0 Å². The van der Waals surface area contributed by atoms with Crippen LogP contribution in [0.1, 0.15) is 39.5 Å². The molecule has 2 fully saturated rings. The number of likely N-dealkylation sites (tertiary alicyclic amines) is 1. The number of hydrogen-bond donors (Lipinski definition) is 1. The van der Waals surface area contributed by atoms with Crippen molar-refractivity contribution in [3.8, 4) is 0 Å². The molecular formula is C16H30N2O3. The van der Waals surface area contributed by atoms with Gasteiger partial charge in [0.2, 0.25) is 0 Å². The molecule has 1 amide bonds. The Morgan fingerprint density at radius 1 is 1.29 bits per heavy atom. The third kappa shape index (κ3) is 4.18. The summed E-state index contributed by atoms with van der Waals surface area (Å²) in [6, 6.07) is 0. The lowest BCUT2D eigenvalue weighted by Crippen LogP contribution is -2.57. The molecule has 0 radical (unpaired) electrons. The Bertz CT molecular complexity index is 332. The normalized spacial score (nSPS) is 23.5. The fourth-order valence-electron chi connectivity index (χ4n) is 3.18. The van der Waals surface area contributed by atoms with Crippen LogP contribution in [-0.4, -0.2) is 62.4 Å². The molecule has 122 valence electrons. The molecule has 0 spiro atoms. The maximum Gasteiger partial charge on any atom is 0.254 e. The lowest BCUT2D eigenvalue weighted by molar-refractivity contribution is -0.161. The van der Waals surface area contributed by atoms with Gasteiger partial charge in [0.25, 0.3) is 5.91 Å². The molecule has 2 heterocycles. The number of ether oxygens (including phenoxy) is 2. The topological polar surface area (TPSA) is 50.8 Å². The fraction of sp³-hybridized carbons (Fsp3) is 0.938. The third-order valence-electron chi connectivity index (χ3n) is 4.59. The van der Waals surface area contributed by atoms with E-state index in [1.165, 1.54) is 0 Å². The molecule has 0 aromatic rings. The first-order valence-electron chi connectivity index (χ1n) is 8.24. The van der Waals surface area contributed by atoms with Crippen LogP contribution in [-0.2, 0) is 14.3 Å². The monoisotopic (exact) mass is 298 g/mol. The molecular weight excluding hydrogens is 268 g/mol. The van der Waals surface area contributed by atoms with Crippen molar-refractivity contribution in [3.05, 3.63) is 0 Å². The highest BCUT2D eigenvalue weighted by Gasteiger charge is 2.43. The zero-order valence-electron chi connectivity index (χ0n) is 13.7. The number of amides is 1. The van der Waals surface area contributed by atoms with Gasteiger partial charge in [-0.05, 0) is 44.7 Å². The minimum absolute atomic E-state index is 0.175. The summed E-state index contributed by atoms with van der Waals surface area (Å²) in [5.74, 6) is 0.741. The van der Waals surface area contributed by atoms with Gasteiger partial charge in [-0.15, -0.1) is 0 Å². The number of nitrogens with one attached hydrogen (secondary N) is 1. The molecule has 0 aromatic carbocycles. The summed E-state index contributed by atoms with van der Waals surface area (Å²) in [5, 5.41) is 3.30. The van der Waals surface area contributed by atoms with Crippen LogP contribution in [0, 0.1) is 5.92 Å². The summed E-state index contributed by atoms with van der Waals surface area (Å²) in [4.78, 5) is 14.8. The molecule has 21 heavy (non-hydrogen) atoms. The number of carbonyl (C=O) groups excluding carboxylic acids is 1. The highest BCUT2D eigenvalue weighted by atomic mass is 16.5. The molecule has 0 aliphatic carbocycles. The number of hydrogen-bond acceptors (Lipinski definition) is 4. The zero-order valence-corrected chi connectivity index (χ0v) is 13.7. The summed E-state index contributed by atoms with van der Waals surface area (Å²) >= 11 is 0.